The van der Waals surface area contributed by atoms with Crippen molar-refractivity contribution in [1.82, 2.24) is 4.31 Å². The van der Waals surface area contributed by atoms with Crippen LogP contribution in [0.25, 0.3) is 0 Å². The van der Waals surface area contributed by atoms with Crippen LogP contribution < -0.4 is 10.1 Å². The molecule has 2 aromatic rings. The first-order valence-corrected chi connectivity index (χ1v) is 11.3. The lowest BCUT2D eigenvalue weighted by atomic mass is 9.98. The molecule has 1 N–H and O–H groups in total. The zero-order valence-corrected chi connectivity index (χ0v) is 18.4. The van der Waals surface area contributed by atoms with Gasteiger partial charge in [-0.1, -0.05) is 29.3 Å². The van der Waals surface area contributed by atoms with Gasteiger partial charge in [0.05, 0.1) is 13.0 Å². The zero-order chi connectivity index (χ0) is 21.2. The Bertz CT molecular complexity index is 1030. The van der Waals surface area contributed by atoms with Crippen LogP contribution in [0.15, 0.2) is 41.3 Å². The van der Waals surface area contributed by atoms with Crippen LogP contribution in [0.3, 0.4) is 0 Å². The Morgan fingerprint density at radius 1 is 1.24 bits per heavy atom. The van der Waals surface area contributed by atoms with E-state index >= 15 is 0 Å². The number of hydrogen-bond donors (Lipinski definition) is 1. The van der Waals surface area contributed by atoms with Gasteiger partial charge in [-0.2, -0.15) is 4.31 Å². The first-order chi connectivity index (χ1) is 13.7. The molecule has 1 saturated heterocycles. The van der Waals surface area contributed by atoms with Crippen LogP contribution in [-0.4, -0.2) is 38.8 Å². The van der Waals surface area contributed by atoms with Crippen molar-refractivity contribution in [3.63, 3.8) is 0 Å². The third-order valence-corrected chi connectivity index (χ3v) is 7.55. The Hall–Kier alpha value is -1.80. The van der Waals surface area contributed by atoms with Crippen molar-refractivity contribution in [3.8, 4) is 5.75 Å². The summed E-state index contributed by atoms with van der Waals surface area (Å²) in [6.45, 7) is 2.24. The smallest absolute Gasteiger partial charge is 0.246 e. The average molecular weight is 457 g/mol. The minimum atomic E-state index is -3.86. The number of ether oxygens (including phenoxy) is 1. The lowest BCUT2D eigenvalue weighted by molar-refractivity contribution is -0.120. The second kappa shape index (κ2) is 8.92. The van der Waals surface area contributed by atoms with E-state index in [0.717, 1.165) is 5.56 Å². The molecule has 3 rings (SSSR count). The van der Waals surface area contributed by atoms with Crippen molar-refractivity contribution >= 4 is 44.8 Å². The highest BCUT2D eigenvalue weighted by molar-refractivity contribution is 7.89. The molecule has 9 heteroatoms. The lowest BCUT2D eigenvalue weighted by Gasteiger charge is -2.31. The number of halogens is 2. The molecule has 1 amide bonds. The molecule has 0 bridgehead atoms. The van der Waals surface area contributed by atoms with E-state index < -0.39 is 15.9 Å². The Morgan fingerprint density at radius 3 is 2.72 bits per heavy atom. The van der Waals surface area contributed by atoms with Crippen molar-refractivity contribution in [2.75, 3.05) is 25.5 Å². The standard InChI is InChI=1S/C20H22Cl2N2O4S/c1-13-16(22)6-3-7-17(13)23-20(25)14-5-4-10-24(12-14)29(26,27)19-11-15(21)8-9-18(19)28-2/h3,6-9,11,14H,4-5,10,12H2,1-2H3,(H,23,25)/t14-/m1/s1. The van der Waals surface area contributed by atoms with Crippen LogP contribution in [0.4, 0.5) is 5.69 Å². The number of anilines is 1. The Morgan fingerprint density at radius 2 is 2.00 bits per heavy atom. The highest BCUT2D eigenvalue weighted by Gasteiger charge is 2.35. The molecule has 0 aromatic heterocycles. The molecule has 0 aliphatic carbocycles. The van der Waals surface area contributed by atoms with Gasteiger partial charge in [0.1, 0.15) is 10.6 Å². The lowest BCUT2D eigenvalue weighted by Crippen LogP contribution is -2.43. The topological polar surface area (TPSA) is 75.7 Å². The number of amides is 1. The SMILES string of the molecule is COc1ccc(Cl)cc1S(=O)(=O)N1CCC[C@@H](C(=O)Nc2cccc(Cl)c2C)C1. The number of carbonyl (C=O) groups excluding carboxylic acids is 1. The molecule has 156 valence electrons. The summed E-state index contributed by atoms with van der Waals surface area (Å²) in [5.74, 6) is -0.481. The predicted molar refractivity (Wildman–Crippen MR) is 114 cm³/mol. The van der Waals surface area contributed by atoms with Crippen molar-refractivity contribution in [3.05, 3.63) is 52.0 Å². The van der Waals surface area contributed by atoms with Crippen LogP contribution in [0.1, 0.15) is 18.4 Å². The van der Waals surface area contributed by atoms with Crippen molar-refractivity contribution in [2.45, 2.75) is 24.7 Å². The number of nitrogens with one attached hydrogen (secondary N) is 1. The minimum Gasteiger partial charge on any atom is -0.495 e. The van der Waals surface area contributed by atoms with E-state index in [1.165, 1.54) is 23.5 Å². The number of hydrogen-bond acceptors (Lipinski definition) is 4. The molecule has 6 nitrogen and oxygen atoms in total. The van der Waals surface area contributed by atoms with Gasteiger partial charge in [0, 0.05) is 28.8 Å². The van der Waals surface area contributed by atoms with E-state index in [1.54, 1.807) is 24.3 Å². The number of sulfonamides is 1. The Labute approximate surface area is 180 Å². The molecule has 0 saturated carbocycles. The number of methoxy groups -OCH3 is 1. The maximum absolute atomic E-state index is 13.2. The van der Waals surface area contributed by atoms with Crippen LogP contribution in [0, 0.1) is 12.8 Å². The molecule has 1 aliphatic rings. The van der Waals surface area contributed by atoms with Crippen molar-refractivity contribution < 1.29 is 17.9 Å². The Balaban J connectivity index is 1.80. The summed E-state index contributed by atoms with van der Waals surface area (Å²) in [6.07, 6.45) is 1.18. The van der Waals surface area contributed by atoms with Crippen LogP contribution >= 0.6 is 23.2 Å². The quantitative estimate of drug-likeness (QED) is 0.725. The van der Waals surface area contributed by atoms with Gasteiger partial charge in [-0.15, -0.1) is 0 Å². The van der Waals surface area contributed by atoms with Crippen LogP contribution in [0.5, 0.6) is 5.75 Å². The molecule has 1 atom stereocenters. The fourth-order valence-electron chi connectivity index (χ4n) is 3.34. The number of carbonyl (C=O) groups is 1. The molecule has 0 radical (unpaired) electrons. The molecular formula is C20H22Cl2N2O4S. The van der Waals surface area contributed by atoms with Gasteiger partial charge >= 0.3 is 0 Å². The third-order valence-electron chi connectivity index (χ3n) is 5.02. The van der Waals surface area contributed by atoms with Gasteiger partial charge in [-0.25, -0.2) is 8.42 Å². The van der Waals surface area contributed by atoms with Gasteiger partial charge < -0.3 is 10.1 Å². The molecular weight excluding hydrogens is 435 g/mol. The second-order valence-corrected chi connectivity index (χ2v) is 9.65. The summed E-state index contributed by atoms with van der Waals surface area (Å²) < 4.78 is 32.9. The molecule has 2 aromatic carbocycles. The maximum Gasteiger partial charge on any atom is 0.246 e. The summed E-state index contributed by atoms with van der Waals surface area (Å²) in [7, 11) is -2.45. The number of benzene rings is 2. The van der Waals surface area contributed by atoms with E-state index in [-0.39, 0.29) is 23.1 Å². The van der Waals surface area contributed by atoms with Gasteiger partial charge in [0.25, 0.3) is 0 Å². The Kier molecular flexibility index (Phi) is 6.73. The van der Waals surface area contributed by atoms with E-state index in [0.29, 0.717) is 35.1 Å². The van der Waals surface area contributed by atoms with Crippen LogP contribution in [-0.2, 0) is 14.8 Å². The second-order valence-electron chi connectivity index (χ2n) is 6.90. The number of rotatable bonds is 5. The summed E-state index contributed by atoms with van der Waals surface area (Å²) in [6, 6.07) is 9.74. The highest BCUT2D eigenvalue weighted by Crippen LogP contribution is 2.32. The first-order valence-electron chi connectivity index (χ1n) is 9.13. The third kappa shape index (κ3) is 4.69. The summed E-state index contributed by atoms with van der Waals surface area (Å²) in [5, 5.41) is 3.73. The van der Waals surface area contributed by atoms with Gasteiger partial charge in [-0.3, -0.25) is 4.79 Å². The van der Waals surface area contributed by atoms with Gasteiger partial charge in [0.2, 0.25) is 15.9 Å². The highest BCUT2D eigenvalue weighted by atomic mass is 35.5. The molecule has 0 unspecified atom stereocenters. The van der Waals surface area contributed by atoms with E-state index in [9.17, 15) is 13.2 Å². The monoisotopic (exact) mass is 456 g/mol. The fraction of sp³-hybridized carbons (Fsp3) is 0.350. The van der Waals surface area contributed by atoms with Gasteiger partial charge in [0.15, 0.2) is 0 Å². The first kappa shape index (κ1) is 21.9. The summed E-state index contributed by atoms with van der Waals surface area (Å²) in [4.78, 5) is 12.8. The molecule has 1 fully saturated rings. The van der Waals surface area contributed by atoms with Crippen molar-refractivity contribution in [2.24, 2.45) is 5.92 Å². The van der Waals surface area contributed by atoms with Crippen molar-refractivity contribution in [1.29, 1.82) is 0 Å². The molecule has 0 spiro atoms. The van der Waals surface area contributed by atoms with E-state index in [4.69, 9.17) is 27.9 Å². The number of nitrogens with zero attached hydrogens (tertiary/aromatic N) is 1. The summed E-state index contributed by atoms with van der Waals surface area (Å²) >= 11 is 12.1. The molecule has 1 aliphatic heterocycles. The van der Waals surface area contributed by atoms with Crippen LogP contribution in [0.2, 0.25) is 10.0 Å². The number of piperidine rings is 1. The van der Waals surface area contributed by atoms with Gasteiger partial charge in [-0.05, 0) is 55.7 Å². The molecule has 29 heavy (non-hydrogen) atoms. The normalized spacial score (nSPS) is 17.7. The predicted octanol–water partition coefficient (Wildman–Crippen LogP) is 4.35. The minimum absolute atomic E-state index is 0.000700. The maximum atomic E-state index is 13.2. The zero-order valence-electron chi connectivity index (χ0n) is 16.1. The largest absolute Gasteiger partial charge is 0.495 e. The average Bonchev–Trinajstić information content (AvgIpc) is 2.71. The van der Waals surface area contributed by atoms with E-state index in [1.807, 2.05) is 6.92 Å². The fourth-order valence-corrected chi connectivity index (χ4v) is 5.46. The molecule has 1 heterocycles. The van der Waals surface area contributed by atoms with E-state index in [2.05, 4.69) is 5.32 Å². The summed E-state index contributed by atoms with van der Waals surface area (Å²) in [5.41, 5.74) is 1.39.